The molecular formula is C11H21N3O. The van der Waals surface area contributed by atoms with Crippen LogP contribution >= 0.6 is 0 Å². The number of hydrogen-bond acceptors (Lipinski definition) is 2. The molecule has 2 saturated heterocycles. The Kier molecular flexibility index (Phi) is 3.46. The van der Waals surface area contributed by atoms with Crippen LogP contribution in [0.25, 0.3) is 0 Å². The van der Waals surface area contributed by atoms with Gasteiger partial charge in [-0.05, 0) is 32.7 Å². The zero-order valence-electron chi connectivity index (χ0n) is 9.46. The minimum absolute atomic E-state index is 0.110. The SMILES string of the molecule is CC1CN(CCC2CCCCN2)C(=O)N1. The number of carbonyl (C=O) groups excluding carboxylic acids is 1. The molecular weight excluding hydrogens is 190 g/mol. The van der Waals surface area contributed by atoms with Crippen molar-refractivity contribution in [2.75, 3.05) is 19.6 Å². The molecule has 4 heteroatoms. The largest absolute Gasteiger partial charge is 0.334 e. The first-order chi connectivity index (χ1) is 7.25. The Labute approximate surface area is 91.4 Å². The number of urea groups is 1. The van der Waals surface area contributed by atoms with Crippen molar-refractivity contribution in [1.82, 2.24) is 15.5 Å². The van der Waals surface area contributed by atoms with Crippen molar-refractivity contribution in [3.05, 3.63) is 0 Å². The molecule has 2 fully saturated rings. The van der Waals surface area contributed by atoms with Crippen molar-refractivity contribution >= 4 is 6.03 Å². The molecule has 2 rings (SSSR count). The van der Waals surface area contributed by atoms with Gasteiger partial charge >= 0.3 is 6.03 Å². The van der Waals surface area contributed by atoms with Gasteiger partial charge in [-0.1, -0.05) is 6.42 Å². The second-order valence-corrected chi connectivity index (χ2v) is 4.73. The highest BCUT2D eigenvalue weighted by Crippen LogP contribution is 2.12. The molecule has 2 N–H and O–H groups in total. The van der Waals surface area contributed by atoms with E-state index in [2.05, 4.69) is 17.6 Å². The molecule has 0 spiro atoms. The summed E-state index contributed by atoms with van der Waals surface area (Å²) in [5.74, 6) is 0. The van der Waals surface area contributed by atoms with Crippen molar-refractivity contribution in [1.29, 1.82) is 0 Å². The van der Waals surface area contributed by atoms with Crippen molar-refractivity contribution in [3.63, 3.8) is 0 Å². The van der Waals surface area contributed by atoms with E-state index in [1.807, 2.05) is 4.90 Å². The molecule has 0 aromatic heterocycles. The minimum Gasteiger partial charge on any atom is -0.334 e. The number of rotatable bonds is 3. The summed E-state index contributed by atoms with van der Waals surface area (Å²) in [6, 6.07) is 1.05. The number of amides is 2. The minimum atomic E-state index is 0.110. The van der Waals surface area contributed by atoms with E-state index in [9.17, 15) is 4.79 Å². The fourth-order valence-electron chi connectivity index (χ4n) is 2.44. The summed E-state index contributed by atoms with van der Waals surface area (Å²) in [5, 5.41) is 6.43. The average molecular weight is 211 g/mol. The van der Waals surface area contributed by atoms with E-state index in [1.54, 1.807) is 0 Å². The zero-order valence-corrected chi connectivity index (χ0v) is 9.46. The van der Waals surface area contributed by atoms with Crippen LogP contribution in [-0.4, -0.2) is 42.6 Å². The predicted octanol–water partition coefficient (Wildman–Crippen LogP) is 0.932. The van der Waals surface area contributed by atoms with Crippen LogP contribution < -0.4 is 10.6 Å². The van der Waals surface area contributed by atoms with Gasteiger partial charge in [-0.15, -0.1) is 0 Å². The van der Waals surface area contributed by atoms with Crippen LogP contribution in [0.15, 0.2) is 0 Å². The maximum atomic E-state index is 11.5. The highest BCUT2D eigenvalue weighted by molar-refractivity contribution is 5.76. The maximum absolute atomic E-state index is 11.5. The lowest BCUT2D eigenvalue weighted by Gasteiger charge is -2.25. The molecule has 2 atom stereocenters. The van der Waals surface area contributed by atoms with Crippen LogP contribution in [0.4, 0.5) is 4.79 Å². The highest BCUT2D eigenvalue weighted by atomic mass is 16.2. The van der Waals surface area contributed by atoms with Crippen molar-refractivity contribution in [2.45, 2.75) is 44.7 Å². The van der Waals surface area contributed by atoms with E-state index in [4.69, 9.17) is 0 Å². The Hall–Kier alpha value is -0.770. The fraction of sp³-hybridized carbons (Fsp3) is 0.909. The molecule has 2 amide bonds. The number of nitrogens with zero attached hydrogens (tertiary/aromatic N) is 1. The van der Waals surface area contributed by atoms with Gasteiger partial charge in [0.1, 0.15) is 0 Å². The number of nitrogens with one attached hydrogen (secondary N) is 2. The van der Waals surface area contributed by atoms with E-state index in [0.717, 1.165) is 26.1 Å². The summed E-state index contributed by atoms with van der Waals surface area (Å²) in [4.78, 5) is 13.4. The van der Waals surface area contributed by atoms with Crippen LogP contribution in [0.1, 0.15) is 32.6 Å². The third kappa shape index (κ3) is 2.84. The Bertz CT molecular complexity index is 226. The van der Waals surface area contributed by atoms with Gasteiger partial charge in [-0.2, -0.15) is 0 Å². The molecule has 4 nitrogen and oxygen atoms in total. The quantitative estimate of drug-likeness (QED) is 0.729. The van der Waals surface area contributed by atoms with Gasteiger partial charge < -0.3 is 15.5 Å². The highest BCUT2D eigenvalue weighted by Gasteiger charge is 2.25. The standard InChI is InChI=1S/C11H21N3O/c1-9-8-14(11(15)13-9)7-5-10-4-2-3-6-12-10/h9-10,12H,2-8H2,1H3,(H,13,15). The molecule has 15 heavy (non-hydrogen) atoms. The van der Waals surface area contributed by atoms with Crippen molar-refractivity contribution < 1.29 is 4.79 Å². The summed E-state index contributed by atoms with van der Waals surface area (Å²) in [7, 11) is 0. The third-order valence-electron chi connectivity index (χ3n) is 3.31. The van der Waals surface area contributed by atoms with Crippen LogP contribution in [0, 0.1) is 0 Å². The molecule has 0 bridgehead atoms. The number of hydrogen-bond donors (Lipinski definition) is 2. The van der Waals surface area contributed by atoms with Crippen molar-refractivity contribution in [3.8, 4) is 0 Å². The number of carbonyl (C=O) groups is 1. The van der Waals surface area contributed by atoms with Gasteiger partial charge in [-0.25, -0.2) is 4.79 Å². The van der Waals surface area contributed by atoms with Crippen LogP contribution in [0.2, 0.25) is 0 Å². The summed E-state index contributed by atoms with van der Waals surface area (Å²) >= 11 is 0. The molecule has 0 aromatic carbocycles. The zero-order chi connectivity index (χ0) is 10.7. The maximum Gasteiger partial charge on any atom is 0.317 e. The van der Waals surface area contributed by atoms with Gasteiger partial charge in [0.25, 0.3) is 0 Å². The average Bonchev–Trinajstić information content (AvgIpc) is 2.56. The fourth-order valence-corrected chi connectivity index (χ4v) is 2.44. The normalized spacial score (nSPS) is 31.8. The summed E-state index contributed by atoms with van der Waals surface area (Å²) < 4.78 is 0. The Morgan fingerprint density at radius 2 is 2.33 bits per heavy atom. The third-order valence-corrected chi connectivity index (χ3v) is 3.31. The molecule has 2 aliphatic heterocycles. The molecule has 2 heterocycles. The van der Waals surface area contributed by atoms with E-state index in [-0.39, 0.29) is 6.03 Å². The monoisotopic (exact) mass is 211 g/mol. The van der Waals surface area contributed by atoms with Crippen LogP contribution in [-0.2, 0) is 0 Å². The van der Waals surface area contributed by atoms with Crippen molar-refractivity contribution in [2.24, 2.45) is 0 Å². The predicted molar refractivity (Wildman–Crippen MR) is 59.8 cm³/mol. The first-order valence-corrected chi connectivity index (χ1v) is 6.04. The summed E-state index contributed by atoms with van der Waals surface area (Å²) in [6.07, 6.45) is 5.00. The van der Waals surface area contributed by atoms with E-state index in [0.29, 0.717) is 12.1 Å². The molecule has 0 aliphatic carbocycles. The second-order valence-electron chi connectivity index (χ2n) is 4.73. The Balaban J connectivity index is 1.70. The molecule has 0 aromatic rings. The first kappa shape index (κ1) is 10.7. The Morgan fingerprint density at radius 1 is 1.47 bits per heavy atom. The van der Waals surface area contributed by atoms with Gasteiger partial charge in [0.15, 0.2) is 0 Å². The molecule has 86 valence electrons. The van der Waals surface area contributed by atoms with Gasteiger partial charge in [0.05, 0.1) is 0 Å². The first-order valence-electron chi connectivity index (χ1n) is 6.04. The van der Waals surface area contributed by atoms with Crippen LogP contribution in [0.3, 0.4) is 0 Å². The van der Waals surface area contributed by atoms with E-state index < -0.39 is 0 Å². The van der Waals surface area contributed by atoms with Crippen LogP contribution in [0.5, 0.6) is 0 Å². The smallest absolute Gasteiger partial charge is 0.317 e. The van der Waals surface area contributed by atoms with E-state index in [1.165, 1.54) is 19.3 Å². The second kappa shape index (κ2) is 4.84. The van der Waals surface area contributed by atoms with Gasteiger partial charge in [0, 0.05) is 25.2 Å². The molecule has 0 saturated carbocycles. The molecule has 0 radical (unpaired) electrons. The van der Waals surface area contributed by atoms with Gasteiger partial charge in [0.2, 0.25) is 0 Å². The Morgan fingerprint density at radius 3 is 2.93 bits per heavy atom. The van der Waals surface area contributed by atoms with E-state index >= 15 is 0 Å². The molecule has 2 aliphatic rings. The molecule has 2 unspecified atom stereocenters. The van der Waals surface area contributed by atoms with Gasteiger partial charge in [-0.3, -0.25) is 0 Å². The summed E-state index contributed by atoms with van der Waals surface area (Å²) in [6.45, 7) is 4.96. The lowest BCUT2D eigenvalue weighted by atomic mass is 10.0. The summed E-state index contributed by atoms with van der Waals surface area (Å²) in [5.41, 5.74) is 0. The topological polar surface area (TPSA) is 44.4 Å². The lowest BCUT2D eigenvalue weighted by molar-refractivity contribution is 0.213. The lowest BCUT2D eigenvalue weighted by Crippen LogP contribution is -2.38. The number of piperidine rings is 1.